The van der Waals surface area contributed by atoms with Gasteiger partial charge in [0, 0.05) is 25.3 Å². The van der Waals surface area contributed by atoms with Crippen LogP contribution < -0.4 is 10.1 Å². The molecule has 8 heteroatoms. The fourth-order valence-corrected chi connectivity index (χ4v) is 3.42. The molecule has 0 saturated carbocycles. The Morgan fingerprint density at radius 2 is 1.90 bits per heavy atom. The molecule has 0 unspecified atom stereocenters. The zero-order valence-electron chi connectivity index (χ0n) is 17.0. The first-order chi connectivity index (χ1) is 14.6. The van der Waals surface area contributed by atoms with Crippen LogP contribution in [0.25, 0.3) is 22.1 Å². The molecule has 1 N–H and O–H groups in total. The maximum absolute atomic E-state index is 6.06. The quantitative estimate of drug-likeness (QED) is 0.466. The molecule has 8 nitrogen and oxygen atoms in total. The highest BCUT2D eigenvalue weighted by Gasteiger charge is 2.13. The normalized spacial score (nSPS) is 11.3. The number of nitrogens with zero attached hydrogens (tertiary/aromatic N) is 6. The van der Waals surface area contributed by atoms with Crippen LogP contribution in [0.5, 0.6) is 11.6 Å². The predicted molar refractivity (Wildman–Crippen MR) is 116 cm³/mol. The molecule has 3 aromatic heterocycles. The van der Waals surface area contributed by atoms with Gasteiger partial charge in [0.05, 0.1) is 17.2 Å². The Hall–Kier alpha value is -3.94. The van der Waals surface area contributed by atoms with Crippen LogP contribution in [0, 0.1) is 6.92 Å². The van der Waals surface area contributed by atoms with Gasteiger partial charge >= 0.3 is 0 Å². The fourth-order valence-electron chi connectivity index (χ4n) is 3.42. The number of aromatic nitrogens is 6. The summed E-state index contributed by atoms with van der Waals surface area (Å²) in [6.45, 7) is 4.82. The summed E-state index contributed by atoms with van der Waals surface area (Å²) in [4.78, 5) is 13.3. The van der Waals surface area contributed by atoms with Crippen LogP contribution in [0.3, 0.4) is 0 Å². The van der Waals surface area contributed by atoms with E-state index in [1.54, 1.807) is 6.20 Å². The van der Waals surface area contributed by atoms with E-state index in [-0.39, 0.29) is 0 Å². The maximum Gasteiger partial charge on any atom is 0.233 e. The molecule has 3 heterocycles. The highest BCUT2D eigenvalue weighted by molar-refractivity contribution is 5.82. The second-order valence-corrected chi connectivity index (χ2v) is 7.11. The maximum atomic E-state index is 6.06. The second kappa shape index (κ2) is 7.14. The minimum absolute atomic E-state index is 0.480. The molecule has 5 rings (SSSR count). The third-order valence-corrected chi connectivity index (χ3v) is 5.07. The first-order valence-electron chi connectivity index (χ1n) is 9.77. The number of hydrogen-bond acceptors (Lipinski definition) is 6. The van der Waals surface area contributed by atoms with E-state index in [1.165, 1.54) is 11.9 Å². The summed E-state index contributed by atoms with van der Waals surface area (Å²) in [6.07, 6.45) is 3.23. The van der Waals surface area contributed by atoms with Crippen molar-refractivity contribution in [2.45, 2.75) is 20.4 Å². The molecule has 30 heavy (non-hydrogen) atoms. The number of benzene rings is 2. The second-order valence-electron chi connectivity index (χ2n) is 7.11. The van der Waals surface area contributed by atoms with Crippen molar-refractivity contribution < 1.29 is 4.74 Å². The van der Waals surface area contributed by atoms with E-state index < -0.39 is 0 Å². The lowest BCUT2D eigenvalue weighted by atomic mass is 10.2. The summed E-state index contributed by atoms with van der Waals surface area (Å²) < 4.78 is 9.90. The zero-order chi connectivity index (χ0) is 20.7. The van der Waals surface area contributed by atoms with Gasteiger partial charge in [0.2, 0.25) is 11.8 Å². The van der Waals surface area contributed by atoms with Gasteiger partial charge in [-0.1, -0.05) is 17.7 Å². The average molecular weight is 399 g/mol. The molecule has 5 aromatic rings. The lowest BCUT2D eigenvalue weighted by molar-refractivity contribution is 0.468. The van der Waals surface area contributed by atoms with Crippen molar-refractivity contribution in [2.24, 2.45) is 7.05 Å². The average Bonchev–Trinajstić information content (AvgIpc) is 3.31. The molecule has 0 bridgehead atoms. The summed E-state index contributed by atoms with van der Waals surface area (Å²) in [5.74, 6) is 1.90. The molecule has 0 aliphatic heterocycles. The van der Waals surface area contributed by atoms with Crippen molar-refractivity contribution in [3.05, 3.63) is 60.6 Å². The molecule has 0 atom stereocenters. The summed E-state index contributed by atoms with van der Waals surface area (Å²) in [6, 6.07) is 14.0. The smallest absolute Gasteiger partial charge is 0.233 e. The Balaban J connectivity index is 1.47. The van der Waals surface area contributed by atoms with E-state index in [2.05, 4.69) is 39.4 Å². The van der Waals surface area contributed by atoms with Crippen LogP contribution in [-0.2, 0) is 13.6 Å². The third-order valence-electron chi connectivity index (χ3n) is 5.07. The van der Waals surface area contributed by atoms with Crippen molar-refractivity contribution in [3.8, 4) is 11.6 Å². The molecule has 0 spiro atoms. The van der Waals surface area contributed by atoms with E-state index in [9.17, 15) is 0 Å². The summed E-state index contributed by atoms with van der Waals surface area (Å²) in [5, 5.41) is 8.49. The predicted octanol–water partition coefficient (Wildman–Crippen LogP) is 4.58. The monoisotopic (exact) mass is 399 g/mol. The van der Waals surface area contributed by atoms with Crippen LogP contribution in [0.4, 0.5) is 11.6 Å². The van der Waals surface area contributed by atoms with Gasteiger partial charge < -0.3 is 14.6 Å². The molecule has 0 saturated heterocycles. The molecule has 0 fully saturated rings. The third kappa shape index (κ3) is 3.12. The molecular weight excluding hydrogens is 378 g/mol. The number of ether oxygens (including phenoxy) is 1. The van der Waals surface area contributed by atoms with Crippen molar-refractivity contribution in [1.82, 2.24) is 29.3 Å². The van der Waals surface area contributed by atoms with E-state index in [1.807, 2.05) is 53.6 Å². The van der Waals surface area contributed by atoms with Gasteiger partial charge in [0.25, 0.3) is 0 Å². The fraction of sp³-hybridized carbons (Fsp3) is 0.182. The molecule has 0 radical (unpaired) electrons. The van der Waals surface area contributed by atoms with Crippen LogP contribution >= 0.6 is 0 Å². The first-order valence-corrected chi connectivity index (χ1v) is 9.77. The molecule has 150 valence electrons. The number of nitrogens with one attached hydrogen (secondary N) is 1. The van der Waals surface area contributed by atoms with Gasteiger partial charge in [0.15, 0.2) is 5.65 Å². The standard InChI is InChI=1S/C22H21N7O/c1-4-29-20-17(12-25-29)21(24-13-23-20)30-16-9-10-19-18(11-16)27-22(28(19)3)26-15-7-5-14(2)6-8-15/h5-13H,4H2,1-3H3,(H,26,27). The van der Waals surface area contributed by atoms with Gasteiger partial charge in [0.1, 0.15) is 17.5 Å². The van der Waals surface area contributed by atoms with Crippen LogP contribution in [-0.4, -0.2) is 29.3 Å². The minimum Gasteiger partial charge on any atom is -0.438 e. The summed E-state index contributed by atoms with van der Waals surface area (Å²) in [5.41, 5.74) is 4.80. The topological polar surface area (TPSA) is 82.7 Å². The Bertz CT molecular complexity index is 1350. The number of aryl methyl sites for hydroxylation is 3. The molecule has 0 aliphatic rings. The largest absolute Gasteiger partial charge is 0.438 e. The minimum atomic E-state index is 0.480. The SMILES string of the molecule is CCn1ncc2c(Oc3ccc4c(c3)nc(Nc3ccc(C)cc3)n4C)ncnc21. The van der Waals surface area contributed by atoms with Gasteiger partial charge in [-0.25, -0.2) is 19.6 Å². The van der Waals surface area contributed by atoms with E-state index in [0.29, 0.717) is 11.6 Å². The highest BCUT2D eigenvalue weighted by atomic mass is 16.5. The van der Waals surface area contributed by atoms with Crippen LogP contribution in [0.1, 0.15) is 12.5 Å². The lowest BCUT2D eigenvalue weighted by Crippen LogP contribution is -1.98. The lowest BCUT2D eigenvalue weighted by Gasteiger charge is -2.07. The Morgan fingerprint density at radius 1 is 1.07 bits per heavy atom. The van der Waals surface area contributed by atoms with Gasteiger partial charge in [-0.15, -0.1) is 0 Å². The first kappa shape index (κ1) is 18.1. The summed E-state index contributed by atoms with van der Waals surface area (Å²) in [7, 11) is 1.99. The van der Waals surface area contributed by atoms with Gasteiger partial charge in [-0.05, 0) is 38.1 Å². The number of imidazole rings is 1. The summed E-state index contributed by atoms with van der Waals surface area (Å²) >= 11 is 0. The number of fused-ring (bicyclic) bond motifs is 2. The van der Waals surface area contributed by atoms with E-state index in [0.717, 1.165) is 40.2 Å². The zero-order valence-corrected chi connectivity index (χ0v) is 17.0. The van der Waals surface area contributed by atoms with E-state index >= 15 is 0 Å². The van der Waals surface area contributed by atoms with Crippen LogP contribution in [0.15, 0.2) is 55.0 Å². The van der Waals surface area contributed by atoms with Crippen molar-refractivity contribution >= 4 is 33.7 Å². The van der Waals surface area contributed by atoms with Crippen molar-refractivity contribution in [2.75, 3.05) is 5.32 Å². The molecule has 2 aromatic carbocycles. The molecular formula is C22H21N7O. The molecule has 0 aliphatic carbocycles. The number of hydrogen-bond donors (Lipinski definition) is 1. The van der Waals surface area contributed by atoms with Gasteiger partial charge in [-0.2, -0.15) is 5.10 Å². The molecule has 0 amide bonds. The Kier molecular flexibility index (Phi) is 4.31. The van der Waals surface area contributed by atoms with E-state index in [4.69, 9.17) is 9.72 Å². The highest BCUT2D eigenvalue weighted by Crippen LogP contribution is 2.30. The van der Waals surface area contributed by atoms with Crippen molar-refractivity contribution in [3.63, 3.8) is 0 Å². The van der Waals surface area contributed by atoms with Crippen LogP contribution in [0.2, 0.25) is 0 Å². The Labute approximate surface area is 173 Å². The van der Waals surface area contributed by atoms with Crippen molar-refractivity contribution in [1.29, 1.82) is 0 Å². The number of rotatable bonds is 5. The van der Waals surface area contributed by atoms with Gasteiger partial charge in [-0.3, -0.25) is 0 Å². The number of anilines is 2. The Morgan fingerprint density at radius 3 is 2.70 bits per heavy atom.